The third-order valence-electron chi connectivity index (χ3n) is 3.48. The van der Waals surface area contributed by atoms with Crippen molar-refractivity contribution < 1.29 is 0 Å². The molecular formula is C17H24N4S. The Morgan fingerprint density at radius 1 is 1.14 bits per heavy atom. The van der Waals surface area contributed by atoms with Crippen LogP contribution in [0.15, 0.2) is 52.8 Å². The number of nitrogens with one attached hydrogen (secondary N) is 2. The Morgan fingerprint density at radius 3 is 2.50 bits per heavy atom. The van der Waals surface area contributed by atoms with Gasteiger partial charge in [-0.05, 0) is 31.1 Å². The zero-order valence-electron chi connectivity index (χ0n) is 13.4. The molecule has 0 aliphatic carbocycles. The summed E-state index contributed by atoms with van der Waals surface area (Å²) in [6.07, 6.45) is 0. The maximum absolute atomic E-state index is 4.30. The molecule has 2 N–H and O–H groups in total. The largest absolute Gasteiger partial charge is 0.354 e. The van der Waals surface area contributed by atoms with Gasteiger partial charge in [0.2, 0.25) is 0 Å². The molecule has 1 aromatic carbocycles. The van der Waals surface area contributed by atoms with Gasteiger partial charge in [0.15, 0.2) is 5.96 Å². The van der Waals surface area contributed by atoms with E-state index >= 15 is 0 Å². The van der Waals surface area contributed by atoms with Crippen molar-refractivity contribution in [2.24, 2.45) is 4.99 Å². The molecule has 22 heavy (non-hydrogen) atoms. The molecule has 0 aliphatic heterocycles. The summed E-state index contributed by atoms with van der Waals surface area (Å²) in [4.78, 5) is 7.88. The van der Waals surface area contributed by atoms with Gasteiger partial charge in [0.1, 0.15) is 0 Å². The molecule has 4 nitrogen and oxygen atoms in total. The lowest BCUT2D eigenvalue weighted by molar-refractivity contribution is 0.302. The van der Waals surface area contributed by atoms with Gasteiger partial charge in [-0.1, -0.05) is 36.4 Å². The Morgan fingerprint density at radius 2 is 1.91 bits per heavy atom. The second-order valence-electron chi connectivity index (χ2n) is 5.29. The van der Waals surface area contributed by atoms with Gasteiger partial charge in [-0.3, -0.25) is 4.99 Å². The third kappa shape index (κ3) is 4.86. The SMILES string of the molecule is CN=C(NCc1ccccc1)NCC(c1cccs1)N(C)C. The first-order valence-electron chi connectivity index (χ1n) is 7.39. The molecule has 0 bridgehead atoms. The van der Waals surface area contributed by atoms with Crippen LogP contribution < -0.4 is 10.6 Å². The van der Waals surface area contributed by atoms with Crippen LogP contribution in [0.2, 0.25) is 0 Å². The van der Waals surface area contributed by atoms with Crippen molar-refractivity contribution in [1.29, 1.82) is 0 Å². The van der Waals surface area contributed by atoms with Crippen LogP contribution in [0.5, 0.6) is 0 Å². The van der Waals surface area contributed by atoms with E-state index in [1.54, 1.807) is 18.4 Å². The molecule has 1 aromatic heterocycles. The second kappa shape index (κ2) is 8.56. The zero-order valence-corrected chi connectivity index (χ0v) is 14.2. The van der Waals surface area contributed by atoms with Crippen LogP contribution in [0.4, 0.5) is 0 Å². The predicted molar refractivity (Wildman–Crippen MR) is 95.4 cm³/mol. The van der Waals surface area contributed by atoms with E-state index in [2.05, 4.69) is 64.3 Å². The maximum atomic E-state index is 4.30. The van der Waals surface area contributed by atoms with Crippen LogP contribution >= 0.6 is 11.3 Å². The highest BCUT2D eigenvalue weighted by Crippen LogP contribution is 2.22. The predicted octanol–water partition coefficient (Wildman–Crippen LogP) is 2.72. The van der Waals surface area contributed by atoms with Crippen LogP contribution in [0, 0.1) is 0 Å². The maximum Gasteiger partial charge on any atom is 0.191 e. The molecule has 118 valence electrons. The summed E-state index contributed by atoms with van der Waals surface area (Å²) >= 11 is 1.79. The minimum Gasteiger partial charge on any atom is -0.354 e. The molecule has 0 radical (unpaired) electrons. The van der Waals surface area contributed by atoms with Crippen molar-refractivity contribution in [1.82, 2.24) is 15.5 Å². The average Bonchev–Trinajstić information content (AvgIpc) is 3.05. The van der Waals surface area contributed by atoms with Crippen LogP contribution in [-0.2, 0) is 6.54 Å². The van der Waals surface area contributed by atoms with Crippen LogP contribution in [-0.4, -0.2) is 38.5 Å². The van der Waals surface area contributed by atoms with Crippen LogP contribution in [0.1, 0.15) is 16.5 Å². The van der Waals surface area contributed by atoms with Gasteiger partial charge >= 0.3 is 0 Å². The summed E-state index contributed by atoms with van der Waals surface area (Å²) in [5.41, 5.74) is 1.24. The van der Waals surface area contributed by atoms with Crippen molar-refractivity contribution in [3.05, 3.63) is 58.3 Å². The molecule has 0 saturated carbocycles. The molecule has 1 atom stereocenters. The fourth-order valence-electron chi connectivity index (χ4n) is 2.21. The first-order valence-corrected chi connectivity index (χ1v) is 8.27. The Balaban J connectivity index is 1.87. The third-order valence-corrected chi connectivity index (χ3v) is 4.46. The van der Waals surface area contributed by atoms with E-state index in [0.717, 1.165) is 19.0 Å². The second-order valence-corrected chi connectivity index (χ2v) is 6.27. The van der Waals surface area contributed by atoms with Gasteiger partial charge in [0.25, 0.3) is 0 Å². The highest BCUT2D eigenvalue weighted by atomic mass is 32.1. The molecule has 2 aromatic rings. The van der Waals surface area contributed by atoms with Gasteiger partial charge in [-0.25, -0.2) is 0 Å². The Hall–Kier alpha value is -1.85. The van der Waals surface area contributed by atoms with E-state index in [4.69, 9.17) is 0 Å². The molecule has 2 rings (SSSR count). The molecule has 0 amide bonds. The van der Waals surface area contributed by atoms with E-state index in [-0.39, 0.29) is 0 Å². The van der Waals surface area contributed by atoms with Crippen molar-refractivity contribution in [3.63, 3.8) is 0 Å². The fraction of sp³-hybridized carbons (Fsp3) is 0.353. The first kappa shape index (κ1) is 16.5. The number of thiophene rings is 1. The lowest BCUT2D eigenvalue weighted by atomic mass is 10.2. The average molecular weight is 316 g/mol. The monoisotopic (exact) mass is 316 g/mol. The van der Waals surface area contributed by atoms with E-state index in [1.807, 2.05) is 18.2 Å². The summed E-state index contributed by atoms with van der Waals surface area (Å²) in [6, 6.07) is 15.0. The highest BCUT2D eigenvalue weighted by molar-refractivity contribution is 7.10. The molecular weight excluding hydrogens is 292 g/mol. The van der Waals surface area contributed by atoms with Crippen molar-refractivity contribution in [3.8, 4) is 0 Å². The molecule has 0 fully saturated rings. The number of hydrogen-bond donors (Lipinski definition) is 2. The Kier molecular flexibility index (Phi) is 6.43. The van der Waals surface area contributed by atoms with Gasteiger partial charge in [0.05, 0.1) is 6.04 Å². The minimum atomic E-state index is 0.343. The molecule has 1 heterocycles. The highest BCUT2D eigenvalue weighted by Gasteiger charge is 2.15. The summed E-state index contributed by atoms with van der Waals surface area (Å²) in [5, 5.41) is 8.88. The number of hydrogen-bond acceptors (Lipinski definition) is 3. The number of rotatable bonds is 6. The van der Waals surface area contributed by atoms with E-state index in [1.165, 1.54) is 10.4 Å². The normalized spacial score (nSPS) is 13.2. The lowest BCUT2D eigenvalue weighted by Crippen LogP contribution is -2.41. The number of aliphatic imine (C=N–C) groups is 1. The lowest BCUT2D eigenvalue weighted by Gasteiger charge is -2.24. The Labute approximate surface area is 136 Å². The molecule has 0 spiro atoms. The summed E-state index contributed by atoms with van der Waals surface area (Å²) in [7, 11) is 6.01. The standard InChI is InChI=1S/C17H24N4S/c1-18-17(19-12-14-8-5-4-6-9-14)20-13-15(21(2)3)16-10-7-11-22-16/h4-11,15H,12-13H2,1-3H3,(H2,18,19,20). The zero-order chi connectivity index (χ0) is 15.8. The van der Waals surface area contributed by atoms with Gasteiger partial charge in [-0.15, -0.1) is 11.3 Å². The number of nitrogens with zero attached hydrogens (tertiary/aromatic N) is 2. The first-order chi connectivity index (χ1) is 10.7. The van der Waals surface area contributed by atoms with Crippen LogP contribution in [0.3, 0.4) is 0 Å². The molecule has 0 saturated heterocycles. The summed E-state index contributed by atoms with van der Waals surface area (Å²) < 4.78 is 0. The summed E-state index contributed by atoms with van der Waals surface area (Å²) in [6.45, 7) is 1.59. The van der Waals surface area contributed by atoms with Gasteiger partial charge < -0.3 is 15.5 Å². The van der Waals surface area contributed by atoms with E-state index in [0.29, 0.717) is 6.04 Å². The quantitative estimate of drug-likeness (QED) is 0.636. The minimum absolute atomic E-state index is 0.343. The van der Waals surface area contributed by atoms with Crippen molar-refractivity contribution >= 4 is 17.3 Å². The van der Waals surface area contributed by atoms with Crippen molar-refractivity contribution in [2.45, 2.75) is 12.6 Å². The molecule has 0 aliphatic rings. The van der Waals surface area contributed by atoms with E-state index in [9.17, 15) is 0 Å². The molecule has 1 unspecified atom stereocenters. The molecule has 5 heteroatoms. The number of benzene rings is 1. The number of likely N-dealkylation sites (N-methyl/N-ethyl adjacent to an activating group) is 1. The topological polar surface area (TPSA) is 39.7 Å². The smallest absolute Gasteiger partial charge is 0.191 e. The van der Waals surface area contributed by atoms with Gasteiger partial charge in [-0.2, -0.15) is 0 Å². The Bertz CT molecular complexity index is 564. The van der Waals surface area contributed by atoms with E-state index < -0.39 is 0 Å². The summed E-state index contributed by atoms with van der Waals surface area (Å²) in [5.74, 6) is 0.826. The van der Waals surface area contributed by atoms with Crippen LogP contribution in [0.25, 0.3) is 0 Å². The number of guanidine groups is 1. The van der Waals surface area contributed by atoms with Gasteiger partial charge in [0, 0.05) is 25.0 Å². The van der Waals surface area contributed by atoms with Crippen molar-refractivity contribution in [2.75, 3.05) is 27.7 Å². The fourth-order valence-corrected chi connectivity index (χ4v) is 3.14.